The van der Waals surface area contributed by atoms with Gasteiger partial charge in [-0.25, -0.2) is 13.2 Å². The van der Waals surface area contributed by atoms with Crippen LogP contribution in [0.5, 0.6) is 5.75 Å². The van der Waals surface area contributed by atoms with Gasteiger partial charge >= 0.3 is 6.03 Å². The molecule has 0 saturated carbocycles. The Morgan fingerprint density at radius 1 is 1.47 bits per heavy atom. The fourth-order valence-electron chi connectivity index (χ4n) is 1.61. The largest absolute Gasteiger partial charge is 0.504 e. The third-order valence-electron chi connectivity index (χ3n) is 2.67. The smallest absolute Gasteiger partial charge is 0.316 e. The lowest BCUT2D eigenvalue weighted by Gasteiger charge is -2.26. The van der Waals surface area contributed by atoms with Gasteiger partial charge in [0, 0.05) is 0 Å². The van der Waals surface area contributed by atoms with Crippen LogP contribution in [0.1, 0.15) is 0 Å². The molecule has 4 N–H and O–H groups in total. The fourth-order valence-corrected chi connectivity index (χ4v) is 3.69. The lowest BCUT2D eigenvalue weighted by Crippen LogP contribution is -2.40. The Balaban J connectivity index is 2.53. The highest BCUT2D eigenvalue weighted by Crippen LogP contribution is 2.39. The summed E-state index contributed by atoms with van der Waals surface area (Å²) in [7, 11) is -3.82. The first kappa shape index (κ1) is 13.9. The third-order valence-corrected chi connectivity index (χ3v) is 5.23. The first-order chi connectivity index (χ1) is 8.84. The minimum atomic E-state index is -3.82. The summed E-state index contributed by atoms with van der Waals surface area (Å²) in [6.07, 6.45) is 0. The van der Waals surface area contributed by atoms with Crippen molar-refractivity contribution in [2.24, 2.45) is 5.73 Å². The maximum absolute atomic E-state index is 12.2. The second-order valence-corrected chi connectivity index (χ2v) is 6.54. The van der Waals surface area contributed by atoms with Gasteiger partial charge in [-0.1, -0.05) is 11.6 Å². The molecule has 1 aromatic carbocycles. The average molecular weight is 307 g/mol. The van der Waals surface area contributed by atoms with Crippen LogP contribution in [0.2, 0.25) is 5.02 Å². The van der Waals surface area contributed by atoms with Crippen molar-refractivity contribution >= 4 is 33.2 Å². The number of anilines is 1. The van der Waals surface area contributed by atoms with Gasteiger partial charge in [0.25, 0.3) is 0 Å². The van der Waals surface area contributed by atoms with E-state index in [1.165, 1.54) is 12.1 Å². The summed E-state index contributed by atoms with van der Waals surface area (Å²) in [6, 6.07) is 1.60. The molecule has 2 amide bonds. The van der Waals surface area contributed by atoms with E-state index in [-0.39, 0.29) is 23.9 Å². The Labute approximate surface area is 114 Å². The number of rotatable bonds is 3. The van der Waals surface area contributed by atoms with Crippen LogP contribution in [0, 0.1) is 0 Å². The second-order valence-electron chi connectivity index (χ2n) is 3.97. The van der Waals surface area contributed by atoms with Gasteiger partial charge in [-0.2, -0.15) is 0 Å². The van der Waals surface area contributed by atoms with E-state index in [1.807, 2.05) is 0 Å². The fraction of sp³-hybridized carbons (Fsp3) is 0.300. The van der Waals surface area contributed by atoms with Gasteiger partial charge in [0.1, 0.15) is 10.1 Å². The zero-order chi connectivity index (χ0) is 14.2. The number of phenolic OH excluding ortho intramolecular Hbond substituents is 1. The highest BCUT2D eigenvalue weighted by Gasteiger charge is 2.37. The number of hydrogen-bond donors (Lipinski definition) is 3. The molecule has 1 fully saturated rings. The molecule has 0 atom stereocenters. The molecule has 1 heterocycles. The van der Waals surface area contributed by atoms with Crippen LogP contribution in [-0.4, -0.2) is 38.0 Å². The number of carbonyl (C=O) groups excluding carboxylic acids is 1. The highest BCUT2D eigenvalue weighted by molar-refractivity contribution is 7.92. The number of phenols is 1. The van der Waals surface area contributed by atoms with Gasteiger partial charge in [0.2, 0.25) is 0 Å². The molecule has 1 aliphatic heterocycles. The predicted molar refractivity (Wildman–Crippen MR) is 68.1 cm³/mol. The van der Waals surface area contributed by atoms with Gasteiger partial charge in [0.05, 0.1) is 23.9 Å². The molecule has 0 unspecified atom stereocenters. The van der Waals surface area contributed by atoms with Crippen molar-refractivity contribution < 1.29 is 23.1 Å². The lowest BCUT2D eigenvalue weighted by molar-refractivity contribution is 0.0415. The van der Waals surface area contributed by atoms with Crippen LogP contribution < -0.4 is 11.1 Å². The van der Waals surface area contributed by atoms with Gasteiger partial charge < -0.3 is 20.9 Å². The van der Waals surface area contributed by atoms with E-state index in [1.54, 1.807) is 0 Å². The van der Waals surface area contributed by atoms with Crippen LogP contribution in [0.15, 0.2) is 17.0 Å². The summed E-state index contributed by atoms with van der Waals surface area (Å²) in [5.74, 6) is -0.627. The van der Waals surface area contributed by atoms with E-state index in [0.717, 1.165) is 0 Å². The quantitative estimate of drug-likeness (QED) is 0.711. The van der Waals surface area contributed by atoms with Gasteiger partial charge in [-0.3, -0.25) is 0 Å². The predicted octanol–water partition coefficient (Wildman–Crippen LogP) is 0.709. The van der Waals surface area contributed by atoms with Crippen molar-refractivity contribution in [3.8, 4) is 5.75 Å². The highest BCUT2D eigenvalue weighted by atomic mass is 35.5. The van der Waals surface area contributed by atoms with Crippen LogP contribution in [0.25, 0.3) is 0 Å². The molecule has 19 heavy (non-hydrogen) atoms. The molecule has 1 aromatic rings. The third kappa shape index (κ3) is 2.46. The van der Waals surface area contributed by atoms with E-state index in [9.17, 15) is 18.3 Å². The number of primary amides is 1. The van der Waals surface area contributed by atoms with Gasteiger partial charge in [0.15, 0.2) is 15.6 Å². The van der Waals surface area contributed by atoms with E-state index < -0.39 is 31.8 Å². The molecule has 9 heteroatoms. The summed E-state index contributed by atoms with van der Waals surface area (Å²) < 4.78 is 29.3. The summed E-state index contributed by atoms with van der Waals surface area (Å²) in [4.78, 5) is 10.3. The van der Waals surface area contributed by atoms with Crippen molar-refractivity contribution in [1.82, 2.24) is 0 Å². The molecule has 0 radical (unpaired) electrons. The number of amides is 2. The minimum Gasteiger partial charge on any atom is -0.504 e. The van der Waals surface area contributed by atoms with Crippen molar-refractivity contribution in [3.05, 3.63) is 17.2 Å². The number of halogens is 1. The Hall–Kier alpha value is -1.51. The Morgan fingerprint density at radius 3 is 2.58 bits per heavy atom. The lowest BCUT2D eigenvalue weighted by atomic mass is 10.3. The zero-order valence-corrected chi connectivity index (χ0v) is 11.2. The molecule has 104 valence electrons. The number of hydrogen-bond acceptors (Lipinski definition) is 5. The molecule has 7 nitrogen and oxygen atoms in total. The molecule has 0 bridgehead atoms. The van der Waals surface area contributed by atoms with Crippen molar-refractivity contribution in [2.75, 3.05) is 18.5 Å². The maximum atomic E-state index is 12.2. The number of benzene rings is 1. The van der Waals surface area contributed by atoms with E-state index in [2.05, 4.69) is 5.32 Å². The number of carbonyl (C=O) groups is 1. The molecule has 2 rings (SSSR count). The number of urea groups is 1. The van der Waals surface area contributed by atoms with Crippen LogP contribution in [0.4, 0.5) is 10.5 Å². The van der Waals surface area contributed by atoms with Crippen LogP contribution in [0.3, 0.4) is 0 Å². The molecule has 0 aliphatic carbocycles. The molecule has 1 aliphatic rings. The second kappa shape index (κ2) is 4.87. The first-order valence-electron chi connectivity index (χ1n) is 5.23. The molecular weight excluding hydrogens is 296 g/mol. The van der Waals surface area contributed by atoms with Crippen LogP contribution >= 0.6 is 11.6 Å². The number of sulfone groups is 1. The average Bonchev–Trinajstić information content (AvgIpc) is 2.18. The molecule has 1 saturated heterocycles. The first-order valence-corrected chi connectivity index (χ1v) is 7.16. The zero-order valence-electron chi connectivity index (χ0n) is 9.59. The number of nitrogens with one attached hydrogen (secondary N) is 1. The van der Waals surface area contributed by atoms with E-state index >= 15 is 0 Å². The normalized spacial score (nSPS) is 15.8. The summed E-state index contributed by atoms with van der Waals surface area (Å²) in [5, 5.41) is 11.2. The summed E-state index contributed by atoms with van der Waals surface area (Å²) in [5.41, 5.74) is 4.81. The van der Waals surface area contributed by atoms with Gasteiger partial charge in [-0.05, 0) is 12.1 Å². The number of nitrogens with two attached hydrogens (primary N) is 1. The standard InChI is InChI=1S/C10H11ClN2O5S/c11-6-1-2-7(13-10(12)15)8(14)9(6)19(16,17)5-3-18-4-5/h1-2,5,14H,3-4H2,(H3,12,13,15). The minimum absolute atomic E-state index is 0.0472. The number of ether oxygens (including phenoxy) is 1. The van der Waals surface area contributed by atoms with Gasteiger partial charge in [-0.15, -0.1) is 0 Å². The summed E-state index contributed by atoms with van der Waals surface area (Å²) in [6.45, 7) is 0.0944. The van der Waals surface area contributed by atoms with Crippen molar-refractivity contribution in [1.29, 1.82) is 0 Å². The van der Waals surface area contributed by atoms with Crippen LogP contribution in [-0.2, 0) is 14.6 Å². The SMILES string of the molecule is NC(=O)Nc1ccc(Cl)c(S(=O)(=O)C2COC2)c1O. The maximum Gasteiger partial charge on any atom is 0.316 e. The topological polar surface area (TPSA) is 119 Å². The number of aromatic hydroxyl groups is 1. The summed E-state index contributed by atoms with van der Waals surface area (Å²) >= 11 is 5.82. The monoisotopic (exact) mass is 306 g/mol. The molecular formula is C10H11ClN2O5S. The molecule has 0 aromatic heterocycles. The Bertz CT molecular complexity index is 627. The molecule has 0 spiro atoms. The Kier molecular flexibility index (Phi) is 3.57. The van der Waals surface area contributed by atoms with E-state index in [4.69, 9.17) is 22.1 Å². The van der Waals surface area contributed by atoms with Crippen molar-refractivity contribution in [2.45, 2.75) is 10.1 Å². The Morgan fingerprint density at radius 2 is 2.11 bits per heavy atom. The van der Waals surface area contributed by atoms with E-state index in [0.29, 0.717) is 0 Å². The van der Waals surface area contributed by atoms with Crippen molar-refractivity contribution in [3.63, 3.8) is 0 Å².